The molecule has 3 rings (SSSR count). The number of nitrogens with zero attached hydrogens (tertiary/aromatic N) is 3. The van der Waals surface area contributed by atoms with Gasteiger partial charge < -0.3 is 15.5 Å². The average Bonchev–Trinajstić information content (AvgIpc) is 3.37. The first-order chi connectivity index (χ1) is 16.8. The topological polar surface area (TPSA) is 70.1 Å². The lowest BCUT2D eigenvalue weighted by molar-refractivity contribution is -0.112. The highest BCUT2D eigenvalue weighted by molar-refractivity contribution is 6.05. The van der Waals surface area contributed by atoms with E-state index in [1.54, 1.807) is 37.4 Å². The van der Waals surface area contributed by atoms with Gasteiger partial charge in [-0.05, 0) is 63.5 Å². The molecule has 0 aliphatic carbocycles. The zero-order chi connectivity index (χ0) is 25.4. The molecule has 2 heterocycles. The Bertz CT molecular complexity index is 1240. The molecule has 1 aliphatic rings. The largest absolute Gasteiger partial charge is 0.372 e. The Labute approximate surface area is 206 Å². The third-order valence-corrected chi connectivity index (χ3v) is 5.90. The maximum atomic E-state index is 14.6. The van der Waals surface area contributed by atoms with Crippen molar-refractivity contribution in [2.75, 3.05) is 23.7 Å². The summed E-state index contributed by atoms with van der Waals surface area (Å²) in [5.41, 5.74) is 2.31. The average molecular weight is 476 g/mol. The Morgan fingerprint density at radius 2 is 2.03 bits per heavy atom. The molecule has 1 amide bonds. The number of amides is 1. The highest BCUT2D eigenvalue weighted by atomic mass is 19.1. The summed E-state index contributed by atoms with van der Waals surface area (Å²) in [6.45, 7) is 15.7. The number of allylic oxidation sites excluding steroid dienone is 2. The van der Waals surface area contributed by atoms with Crippen LogP contribution in [0.5, 0.6) is 0 Å². The second-order valence-corrected chi connectivity index (χ2v) is 8.52. The molecule has 1 aliphatic heterocycles. The molecule has 0 saturated carbocycles. The molecule has 35 heavy (non-hydrogen) atoms. The fraction of sp³-hybridized carbons (Fsp3) is 0.321. The molecule has 1 atom stereocenters. The van der Waals surface area contributed by atoms with E-state index in [9.17, 15) is 9.18 Å². The van der Waals surface area contributed by atoms with Crippen LogP contribution in [0.25, 0.3) is 12.7 Å². The molecular formula is C28H34FN5O. The molecule has 0 spiro atoms. The Morgan fingerprint density at radius 3 is 2.69 bits per heavy atom. The first-order valence-corrected chi connectivity index (χ1v) is 12.0. The highest BCUT2D eigenvalue weighted by Crippen LogP contribution is 2.24. The zero-order valence-electron chi connectivity index (χ0n) is 20.8. The van der Waals surface area contributed by atoms with E-state index in [0.717, 1.165) is 43.4 Å². The number of carbonyl (C=O) groups is 1. The van der Waals surface area contributed by atoms with Crippen molar-refractivity contribution in [2.24, 2.45) is 0 Å². The summed E-state index contributed by atoms with van der Waals surface area (Å²) in [5, 5.41) is 7.33. The van der Waals surface area contributed by atoms with Crippen LogP contribution in [-0.2, 0) is 4.79 Å². The lowest BCUT2D eigenvalue weighted by Crippen LogP contribution is -2.30. The fourth-order valence-corrected chi connectivity index (χ4v) is 3.93. The van der Waals surface area contributed by atoms with Gasteiger partial charge in [-0.15, -0.1) is 0 Å². The van der Waals surface area contributed by atoms with Crippen molar-refractivity contribution in [3.05, 3.63) is 82.6 Å². The van der Waals surface area contributed by atoms with Gasteiger partial charge in [-0.25, -0.2) is 9.37 Å². The van der Waals surface area contributed by atoms with Crippen LogP contribution in [-0.4, -0.2) is 33.9 Å². The normalized spacial score (nSPS) is 15.5. The predicted molar refractivity (Wildman–Crippen MR) is 141 cm³/mol. The molecule has 0 bridgehead atoms. The summed E-state index contributed by atoms with van der Waals surface area (Å²) in [6, 6.07) is 4.11. The molecule has 7 heteroatoms. The number of nitrogens with one attached hydrogen (secondary N) is 2. The minimum Gasteiger partial charge on any atom is -0.372 e. The molecule has 2 aromatic rings. The molecule has 0 radical (unpaired) electrons. The van der Waals surface area contributed by atoms with E-state index in [1.807, 2.05) is 26.0 Å². The molecule has 1 aromatic carbocycles. The van der Waals surface area contributed by atoms with Crippen LogP contribution in [0.15, 0.2) is 60.5 Å². The Kier molecular flexibility index (Phi) is 8.95. The Hall–Kier alpha value is -3.74. The van der Waals surface area contributed by atoms with Crippen molar-refractivity contribution in [3.8, 4) is 0 Å². The minimum atomic E-state index is -0.411. The van der Waals surface area contributed by atoms with Crippen LogP contribution in [0, 0.1) is 5.82 Å². The minimum absolute atomic E-state index is 0.272. The molecule has 1 aromatic heterocycles. The van der Waals surface area contributed by atoms with Crippen molar-refractivity contribution >= 4 is 30.1 Å². The van der Waals surface area contributed by atoms with Gasteiger partial charge in [-0.3, -0.25) is 9.78 Å². The Morgan fingerprint density at radius 1 is 1.29 bits per heavy atom. The van der Waals surface area contributed by atoms with E-state index in [-0.39, 0.29) is 11.7 Å². The molecule has 184 valence electrons. The third kappa shape index (κ3) is 6.88. The van der Waals surface area contributed by atoms with Crippen LogP contribution in [0.3, 0.4) is 0 Å². The molecule has 1 unspecified atom stereocenters. The second-order valence-electron chi connectivity index (χ2n) is 8.52. The SMILES string of the molecule is C=C(/C=C\C(=C/C)C(=O)Nc1ccc(F)c(C(C)Nc2cn/c(=C/CC)c(=C)n2)c1)N1CCCC1. The molecule has 2 N–H and O–H groups in total. The van der Waals surface area contributed by atoms with E-state index in [0.29, 0.717) is 28.0 Å². The quantitative estimate of drug-likeness (QED) is 0.415. The number of hydrogen-bond acceptors (Lipinski definition) is 5. The van der Waals surface area contributed by atoms with Gasteiger partial charge in [0.15, 0.2) is 0 Å². The Balaban J connectivity index is 1.70. The van der Waals surface area contributed by atoms with Gasteiger partial charge in [-0.1, -0.05) is 32.2 Å². The first kappa shape index (κ1) is 25.9. The summed E-state index contributed by atoms with van der Waals surface area (Å²) < 4.78 is 14.6. The number of benzene rings is 1. The van der Waals surface area contributed by atoms with Crippen molar-refractivity contribution < 1.29 is 9.18 Å². The van der Waals surface area contributed by atoms with E-state index in [2.05, 4.69) is 38.7 Å². The molecule has 6 nitrogen and oxygen atoms in total. The van der Waals surface area contributed by atoms with Crippen LogP contribution in [0.4, 0.5) is 15.9 Å². The lowest BCUT2D eigenvalue weighted by Gasteiger charge is -2.18. The van der Waals surface area contributed by atoms with Crippen LogP contribution in [0.2, 0.25) is 0 Å². The summed E-state index contributed by atoms with van der Waals surface area (Å²) in [5.74, 6) is -0.148. The van der Waals surface area contributed by atoms with Gasteiger partial charge >= 0.3 is 0 Å². The lowest BCUT2D eigenvalue weighted by atomic mass is 10.1. The van der Waals surface area contributed by atoms with Crippen molar-refractivity contribution in [3.63, 3.8) is 0 Å². The van der Waals surface area contributed by atoms with Gasteiger partial charge in [-0.2, -0.15) is 0 Å². The van der Waals surface area contributed by atoms with Gasteiger partial charge in [0, 0.05) is 35.6 Å². The van der Waals surface area contributed by atoms with Gasteiger partial charge in [0.1, 0.15) is 11.6 Å². The van der Waals surface area contributed by atoms with Crippen molar-refractivity contribution in [2.45, 2.75) is 46.1 Å². The fourth-order valence-electron chi connectivity index (χ4n) is 3.93. The number of aromatic nitrogens is 2. The van der Waals surface area contributed by atoms with Gasteiger partial charge in [0.25, 0.3) is 5.91 Å². The van der Waals surface area contributed by atoms with Crippen molar-refractivity contribution in [1.82, 2.24) is 14.9 Å². The maximum Gasteiger partial charge on any atom is 0.255 e. The number of anilines is 2. The van der Waals surface area contributed by atoms with E-state index in [4.69, 9.17) is 0 Å². The van der Waals surface area contributed by atoms with Crippen LogP contribution >= 0.6 is 0 Å². The summed E-state index contributed by atoms with van der Waals surface area (Å²) in [7, 11) is 0. The second kappa shape index (κ2) is 12.1. The van der Waals surface area contributed by atoms with E-state index < -0.39 is 6.04 Å². The number of carbonyl (C=O) groups excluding carboxylic acids is 1. The van der Waals surface area contributed by atoms with Gasteiger partial charge in [0.2, 0.25) is 0 Å². The van der Waals surface area contributed by atoms with Crippen LogP contribution in [0.1, 0.15) is 51.6 Å². The predicted octanol–water partition coefficient (Wildman–Crippen LogP) is 4.44. The molecular weight excluding hydrogens is 441 g/mol. The molecule has 1 saturated heterocycles. The number of rotatable bonds is 9. The number of likely N-dealkylation sites (tertiary alicyclic amines) is 1. The standard InChI is InChI=1S/C28H34FN5O/c1-6-10-26-21(5)32-27(18-30-26)31-20(4)24-17-23(13-14-25(24)29)33-28(35)22(7-2)12-11-19(3)34-15-8-9-16-34/h7,10-14,17-18,20H,3,5-6,8-9,15-16H2,1-2,4H3,(H,31,32)(H,33,35)/b12-11-,22-7+,26-10+. The first-order valence-electron chi connectivity index (χ1n) is 12.0. The number of hydrogen-bond donors (Lipinski definition) is 2. The zero-order valence-corrected chi connectivity index (χ0v) is 20.8. The maximum absolute atomic E-state index is 14.6. The van der Waals surface area contributed by atoms with Crippen molar-refractivity contribution in [1.29, 1.82) is 0 Å². The third-order valence-electron chi connectivity index (χ3n) is 5.90. The van der Waals surface area contributed by atoms with E-state index >= 15 is 0 Å². The summed E-state index contributed by atoms with van der Waals surface area (Å²) in [6.07, 6.45) is 12.1. The smallest absolute Gasteiger partial charge is 0.255 e. The van der Waals surface area contributed by atoms with Crippen LogP contribution < -0.4 is 21.3 Å². The summed E-state index contributed by atoms with van der Waals surface area (Å²) >= 11 is 0. The summed E-state index contributed by atoms with van der Waals surface area (Å²) in [4.78, 5) is 23.8. The molecule has 1 fully saturated rings. The highest BCUT2D eigenvalue weighted by Gasteiger charge is 2.15. The monoisotopic (exact) mass is 475 g/mol. The van der Waals surface area contributed by atoms with Gasteiger partial charge in [0.05, 0.1) is 22.9 Å². The number of halogens is 1. The van der Waals surface area contributed by atoms with E-state index in [1.165, 1.54) is 6.07 Å².